The maximum absolute atomic E-state index is 11.1. The van der Waals surface area contributed by atoms with E-state index in [-0.39, 0.29) is 0 Å². The second-order valence-corrected chi connectivity index (χ2v) is 4.74. The second kappa shape index (κ2) is 6.40. The third-order valence-electron chi connectivity index (χ3n) is 2.45. The van der Waals surface area contributed by atoms with Crippen LogP contribution in [-0.4, -0.2) is 23.8 Å². The average Bonchev–Trinajstić information content (AvgIpc) is 2.26. The van der Waals surface area contributed by atoms with Crippen LogP contribution in [0.3, 0.4) is 0 Å². The Labute approximate surface area is 102 Å². The van der Waals surface area contributed by atoms with E-state index in [2.05, 4.69) is 0 Å². The Morgan fingerprint density at radius 1 is 1.29 bits per heavy atom. The molecule has 17 heavy (non-hydrogen) atoms. The number of hydrogen-bond acceptors (Lipinski definition) is 2. The minimum Gasteiger partial charge on any atom is -0.479 e. The van der Waals surface area contributed by atoms with Gasteiger partial charge in [0, 0.05) is 6.42 Å². The highest BCUT2D eigenvalue weighted by Crippen LogP contribution is 2.09. The zero-order valence-corrected chi connectivity index (χ0v) is 10.6. The zero-order valence-electron chi connectivity index (χ0n) is 10.6. The van der Waals surface area contributed by atoms with E-state index in [0.29, 0.717) is 18.9 Å². The van der Waals surface area contributed by atoms with E-state index < -0.39 is 12.1 Å². The Balaban J connectivity index is 2.60. The van der Waals surface area contributed by atoms with Gasteiger partial charge in [-0.1, -0.05) is 43.7 Å². The summed E-state index contributed by atoms with van der Waals surface area (Å²) >= 11 is 0. The number of hydrogen-bond donors (Lipinski definition) is 1. The molecule has 1 N–H and O–H groups in total. The Hall–Kier alpha value is -1.35. The molecule has 0 aliphatic carbocycles. The Morgan fingerprint density at radius 3 is 2.35 bits per heavy atom. The van der Waals surface area contributed by atoms with Gasteiger partial charge in [0.15, 0.2) is 6.10 Å². The molecule has 0 aromatic heterocycles. The fourth-order valence-corrected chi connectivity index (χ4v) is 1.46. The van der Waals surface area contributed by atoms with E-state index >= 15 is 0 Å². The molecule has 0 spiro atoms. The lowest BCUT2D eigenvalue weighted by Gasteiger charge is -2.15. The van der Waals surface area contributed by atoms with E-state index in [0.717, 1.165) is 5.56 Å². The molecule has 0 aliphatic rings. The van der Waals surface area contributed by atoms with Crippen molar-refractivity contribution in [3.05, 3.63) is 35.4 Å². The monoisotopic (exact) mass is 236 g/mol. The molecule has 0 saturated heterocycles. The highest BCUT2D eigenvalue weighted by molar-refractivity contribution is 5.72. The molecule has 1 rings (SSSR count). The second-order valence-electron chi connectivity index (χ2n) is 4.74. The standard InChI is InChI=1S/C14H20O3/c1-10(2)9-17-13(14(15)16)8-12-6-4-11(3)5-7-12/h4-7,10,13H,8-9H2,1-3H3,(H,15,16)/t13-/m0/s1. The first-order valence-electron chi connectivity index (χ1n) is 5.89. The van der Waals surface area contributed by atoms with Crippen LogP contribution in [0.4, 0.5) is 0 Å². The van der Waals surface area contributed by atoms with Crippen molar-refractivity contribution in [2.24, 2.45) is 5.92 Å². The van der Waals surface area contributed by atoms with Crippen molar-refractivity contribution in [2.45, 2.75) is 33.3 Å². The molecular formula is C14H20O3. The molecule has 0 bridgehead atoms. The number of aliphatic carboxylic acids is 1. The lowest BCUT2D eigenvalue weighted by Crippen LogP contribution is -2.27. The lowest BCUT2D eigenvalue weighted by atomic mass is 10.1. The van der Waals surface area contributed by atoms with Crippen LogP contribution in [0.5, 0.6) is 0 Å². The van der Waals surface area contributed by atoms with E-state index in [1.807, 2.05) is 45.0 Å². The third-order valence-corrected chi connectivity index (χ3v) is 2.45. The molecule has 0 radical (unpaired) electrons. The molecular weight excluding hydrogens is 216 g/mol. The largest absolute Gasteiger partial charge is 0.479 e. The number of ether oxygens (including phenoxy) is 1. The van der Waals surface area contributed by atoms with Crippen molar-refractivity contribution < 1.29 is 14.6 Å². The topological polar surface area (TPSA) is 46.5 Å². The lowest BCUT2D eigenvalue weighted by molar-refractivity contribution is -0.150. The van der Waals surface area contributed by atoms with E-state index in [9.17, 15) is 4.79 Å². The molecule has 0 saturated carbocycles. The fourth-order valence-electron chi connectivity index (χ4n) is 1.46. The summed E-state index contributed by atoms with van der Waals surface area (Å²) in [5, 5.41) is 9.08. The predicted molar refractivity (Wildman–Crippen MR) is 67.1 cm³/mol. The number of aryl methyl sites for hydroxylation is 1. The van der Waals surface area contributed by atoms with Crippen LogP contribution in [0.1, 0.15) is 25.0 Å². The van der Waals surface area contributed by atoms with Crippen molar-refractivity contribution in [3.63, 3.8) is 0 Å². The van der Waals surface area contributed by atoms with E-state index in [1.165, 1.54) is 5.56 Å². The first kappa shape index (κ1) is 13.7. The summed E-state index contributed by atoms with van der Waals surface area (Å²) in [7, 11) is 0. The van der Waals surface area contributed by atoms with Crippen LogP contribution >= 0.6 is 0 Å². The van der Waals surface area contributed by atoms with Crippen molar-refractivity contribution in [2.75, 3.05) is 6.61 Å². The Morgan fingerprint density at radius 2 is 1.88 bits per heavy atom. The summed E-state index contributed by atoms with van der Waals surface area (Å²) in [5.41, 5.74) is 2.16. The molecule has 94 valence electrons. The van der Waals surface area contributed by atoms with Gasteiger partial charge in [-0.2, -0.15) is 0 Å². The summed E-state index contributed by atoms with van der Waals surface area (Å²) in [5.74, 6) is -0.555. The summed E-state index contributed by atoms with van der Waals surface area (Å²) in [6.07, 6.45) is -0.331. The molecule has 0 fully saturated rings. The molecule has 3 nitrogen and oxygen atoms in total. The van der Waals surface area contributed by atoms with Crippen LogP contribution in [-0.2, 0) is 16.0 Å². The number of carboxylic acid groups (broad SMARTS) is 1. The van der Waals surface area contributed by atoms with E-state index in [1.54, 1.807) is 0 Å². The van der Waals surface area contributed by atoms with Gasteiger partial charge in [0.2, 0.25) is 0 Å². The molecule has 0 aliphatic heterocycles. The van der Waals surface area contributed by atoms with Crippen molar-refractivity contribution in [3.8, 4) is 0 Å². The number of rotatable bonds is 6. The van der Waals surface area contributed by atoms with Crippen LogP contribution in [0, 0.1) is 12.8 Å². The number of carboxylic acids is 1. The van der Waals surface area contributed by atoms with Crippen LogP contribution in [0.25, 0.3) is 0 Å². The van der Waals surface area contributed by atoms with Gasteiger partial charge >= 0.3 is 5.97 Å². The van der Waals surface area contributed by atoms with Gasteiger partial charge in [-0.15, -0.1) is 0 Å². The Bertz CT molecular complexity index is 354. The molecule has 1 aromatic carbocycles. The minimum absolute atomic E-state index is 0.342. The van der Waals surface area contributed by atoms with Crippen molar-refractivity contribution in [1.82, 2.24) is 0 Å². The van der Waals surface area contributed by atoms with Gasteiger partial charge in [0.05, 0.1) is 6.61 Å². The fraction of sp³-hybridized carbons (Fsp3) is 0.500. The predicted octanol–water partition coefficient (Wildman–Crippen LogP) is 2.66. The van der Waals surface area contributed by atoms with Gasteiger partial charge in [0.25, 0.3) is 0 Å². The third kappa shape index (κ3) is 5.00. The summed E-state index contributed by atoms with van der Waals surface area (Å²) in [4.78, 5) is 11.1. The van der Waals surface area contributed by atoms with Gasteiger partial charge in [-0.05, 0) is 18.4 Å². The smallest absolute Gasteiger partial charge is 0.333 e. The summed E-state index contributed by atoms with van der Waals surface area (Å²) < 4.78 is 5.40. The van der Waals surface area contributed by atoms with E-state index in [4.69, 9.17) is 9.84 Å². The highest BCUT2D eigenvalue weighted by Gasteiger charge is 2.18. The molecule has 0 amide bonds. The zero-order chi connectivity index (χ0) is 12.8. The quantitative estimate of drug-likeness (QED) is 0.826. The summed E-state index contributed by atoms with van der Waals surface area (Å²) in [6, 6.07) is 7.86. The molecule has 1 aromatic rings. The van der Waals surface area contributed by atoms with Gasteiger partial charge in [0.1, 0.15) is 0 Å². The Kier molecular flexibility index (Phi) is 5.16. The minimum atomic E-state index is -0.897. The van der Waals surface area contributed by atoms with Gasteiger partial charge in [-0.25, -0.2) is 4.79 Å². The SMILES string of the molecule is Cc1ccc(C[C@H](OCC(C)C)C(=O)O)cc1. The van der Waals surface area contributed by atoms with Crippen molar-refractivity contribution >= 4 is 5.97 Å². The van der Waals surface area contributed by atoms with Gasteiger partial charge < -0.3 is 9.84 Å². The molecule has 0 heterocycles. The van der Waals surface area contributed by atoms with Crippen LogP contribution in [0.15, 0.2) is 24.3 Å². The highest BCUT2D eigenvalue weighted by atomic mass is 16.5. The normalized spacial score (nSPS) is 12.7. The maximum Gasteiger partial charge on any atom is 0.333 e. The summed E-state index contributed by atoms with van der Waals surface area (Å²) in [6.45, 7) is 6.49. The molecule has 3 heteroatoms. The van der Waals surface area contributed by atoms with Crippen LogP contribution in [0.2, 0.25) is 0 Å². The average molecular weight is 236 g/mol. The van der Waals surface area contributed by atoms with Crippen molar-refractivity contribution in [1.29, 1.82) is 0 Å². The maximum atomic E-state index is 11.1. The first-order chi connectivity index (χ1) is 7.99. The molecule has 0 unspecified atom stereocenters. The van der Waals surface area contributed by atoms with Gasteiger partial charge in [-0.3, -0.25) is 0 Å². The molecule has 1 atom stereocenters. The first-order valence-corrected chi connectivity index (χ1v) is 5.89. The number of carbonyl (C=O) groups is 1. The van der Waals surface area contributed by atoms with Crippen LogP contribution < -0.4 is 0 Å². The number of benzene rings is 1.